The van der Waals surface area contributed by atoms with Gasteiger partial charge in [0, 0.05) is 44.1 Å². The Bertz CT molecular complexity index is 617. The Hall–Kier alpha value is -0.540. The molecule has 21 heavy (non-hydrogen) atoms. The molecule has 1 heterocycles. The third-order valence-electron chi connectivity index (χ3n) is 3.52. The SMILES string of the molecule is CN(CC1(O)CCOCC1)S(=O)(=O)c1ccc(F)cc1Br. The van der Waals surface area contributed by atoms with Crippen LogP contribution < -0.4 is 0 Å². The Morgan fingerprint density at radius 2 is 2.05 bits per heavy atom. The molecule has 8 heteroatoms. The van der Waals surface area contributed by atoms with Crippen LogP contribution in [0.15, 0.2) is 27.6 Å². The van der Waals surface area contributed by atoms with Crippen LogP contribution in [-0.4, -0.2) is 50.2 Å². The van der Waals surface area contributed by atoms with E-state index < -0.39 is 21.4 Å². The maximum absolute atomic E-state index is 13.1. The van der Waals surface area contributed by atoms with Crippen molar-refractivity contribution in [1.82, 2.24) is 4.31 Å². The maximum atomic E-state index is 13.1. The van der Waals surface area contributed by atoms with Crippen LogP contribution in [0.25, 0.3) is 0 Å². The molecule has 0 aliphatic carbocycles. The average Bonchev–Trinajstić information content (AvgIpc) is 2.38. The highest BCUT2D eigenvalue weighted by molar-refractivity contribution is 9.10. The minimum Gasteiger partial charge on any atom is -0.388 e. The quantitative estimate of drug-likeness (QED) is 0.862. The highest BCUT2D eigenvalue weighted by Gasteiger charge is 2.35. The number of aliphatic hydroxyl groups is 1. The third-order valence-corrected chi connectivity index (χ3v) is 6.30. The predicted molar refractivity (Wildman–Crippen MR) is 78.9 cm³/mol. The number of hydrogen-bond donors (Lipinski definition) is 1. The van der Waals surface area contributed by atoms with Crippen molar-refractivity contribution < 1.29 is 22.7 Å². The van der Waals surface area contributed by atoms with Crippen LogP contribution in [0.4, 0.5) is 4.39 Å². The summed E-state index contributed by atoms with van der Waals surface area (Å²) in [5.74, 6) is -0.522. The Morgan fingerprint density at radius 3 is 2.62 bits per heavy atom. The lowest BCUT2D eigenvalue weighted by Gasteiger charge is -2.35. The third kappa shape index (κ3) is 3.81. The zero-order valence-electron chi connectivity index (χ0n) is 11.6. The average molecular weight is 382 g/mol. The number of rotatable bonds is 4. The fourth-order valence-corrected chi connectivity index (χ4v) is 4.52. The van der Waals surface area contributed by atoms with Gasteiger partial charge in [0.2, 0.25) is 10.0 Å². The molecule has 1 fully saturated rings. The van der Waals surface area contributed by atoms with Crippen LogP contribution in [0, 0.1) is 5.82 Å². The van der Waals surface area contributed by atoms with Gasteiger partial charge in [0.15, 0.2) is 0 Å². The minimum atomic E-state index is -3.80. The molecule has 0 amide bonds. The van der Waals surface area contributed by atoms with Crippen LogP contribution >= 0.6 is 15.9 Å². The molecular formula is C13H17BrFNO4S. The van der Waals surface area contributed by atoms with E-state index in [4.69, 9.17) is 4.74 Å². The van der Waals surface area contributed by atoms with Gasteiger partial charge in [-0.05, 0) is 34.1 Å². The second-order valence-corrected chi connectivity index (χ2v) is 8.04. The molecule has 1 aromatic rings. The van der Waals surface area contributed by atoms with Crippen LogP contribution in [0.1, 0.15) is 12.8 Å². The van der Waals surface area contributed by atoms with Crippen molar-refractivity contribution in [3.8, 4) is 0 Å². The summed E-state index contributed by atoms with van der Waals surface area (Å²) in [6.07, 6.45) is 0.773. The number of nitrogens with zero attached hydrogens (tertiary/aromatic N) is 1. The summed E-state index contributed by atoms with van der Waals surface area (Å²) in [5.41, 5.74) is -1.09. The molecule has 0 spiro atoms. The predicted octanol–water partition coefficient (Wildman–Crippen LogP) is 1.75. The lowest BCUT2D eigenvalue weighted by atomic mass is 9.95. The number of sulfonamides is 1. The molecule has 1 saturated heterocycles. The summed E-state index contributed by atoms with van der Waals surface area (Å²) in [6.45, 7) is 0.789. The summed E-state index contributed by atoms with van der Waals surface area (Å²) >= 11 is 3.06. The van der Waals surface area contributed by atoms with E-state index in [0.29, 0.717) is 26.1 Å². The van der Waals surface area contributed by atoms with Gasteiger partial charge >= 0.3 is 0 Å². The van der Waals surface area contributed by atoms with E-state index in [1.165, 1.54) is 13.1 Å². The summed E-state index contributed by atoms with van der Waals surface area (Å²) < 4.78 is 44.5. The van der Waals surface area contributed by atoms with Crippen molar-refractivity contribution in [3.63, 3.8) is 0 Å². The van der Waals surface area contributed by atoms with Crippen molar-refractivity contribution in [3.05, 3.63) is 28.5 Å². The Kier molecular flexibility index (Phi) is 5.04. The van der Waals surface area contributed by atoms with E-state index >= 15 is 0 Å². The first-order chi connectivity index (χ1) is 9.74. The molecule has 1 aromatic carbocycles. The smallest absolute Gasteiger partial charge is 0.244 e. The molecule has 5 nitrogen and oxygen atoms in total. The van der Waals surface area contributed by atoms with Crippen LogP contribution in [0.2, 0.25) is 0 Å². The van der Waals surface area contributed by atoms with E-state index in [2.05, 4.69) is 15.9 Å². The molecule has 0 unspecified atom stereocenters. The van der Waals surface area contributed by atoms with Crippen molar-refractivity contribution in [2.75, 3.05) is 26.8 Å². The highest BCUT2D eigenvalue weighted by Crippen LogP contribution is 2.28. The molecule has 0 bridgehead atoms. The number of hydrogen-bond acceptors (Lipinski definition) is 4. The van der Waals surface area contributed by atoms with Gasteiger partial charge in [-0.3, -0.25) is 0 Å². The maximum Gasteiger partial charge on any atom is 0.244 e. The van der Waals surface area contributed by atoms with Crippen molar-refractivity contribution in [2.45, 2.75) is 23.3 Å². The van der Waals surface area contributed by atoms with Crippen LogP contribution in [0.5, 0.6) is 0 Å². The van der Waals surface area contributed by atoms with E-state index in [9.17, 15) is 17.9 Å². The first-order valence-corrected chi connectivity index (χ1v) is 8.69. The monoisotopic (exact) mass is 381 g/mol. The zero-order valence-corrected chi connectivity index (χ0v) is 14.0. The largest absolute Gasteiger partial charge is 0.388 e. The molecule has 0 saturated carbocycles. The normalized spacial score (nSPS) is 18.9. The standard InChI is InChI=1S/C13H17BrFNO4S/c1-16(9-13(17)4-6-20-7-5-13)21(18,19)12-3-2-10(15)8-11(12)14/h2-3,8,17H,4-7,9H2,1H3. The summed E-state index contributed by atoms with van der Waals surface area (Å²) in [4.78, 5) is -0.0259. The molecule has 1 aliphatic rings. The minimum absolute atomic E-state index is 0.0253. The molecule has 1 aliphatic heterocycles. The first-order valence-electron chi connectivity index (χ1n) is 6.46. The molecule has 1 N–H and O–H groups in total. The summed E-state index contributed by atoms with van der Waals surface area (Å²) in [5, 5.41) is 10.4. The van der Waals surface area contributed by atoms with Gasteiger partial charge in [-0.25, -0.2) is 12.8 Å². The second kappa shape index (κ2) is 6.29. The van der Waals surface area contributed by atoms with E-state index in [1.54, 1.807) is 0 Å². The van der Waals surface area contributed by atoms with Gasteiger partial charge in [0.25, 0.3) is 0 Å². The zero-order chi connectivity index (χ0) is 15.7. The van der Waals surface area contributed by atoms with Gasteiger partial charge < -0.3 is 9.84 Å². The number of ether oxygens (including phenoxy) is 1. The fourth-order valence-electron chi connectivity index (χ4n) is 2.26. The van der Waals surface area contributed by atoms with Crippen molar-refractivity contribution in [1.29, 1.82) is 0 Å². The van der Waals surface area contributed by atoms with Gasteiger partial charge in [-0.2, -0.15) is 4.31 Å². The van der Waals surface area contributed by atoms with Gasteiger partial charge in [0.1, 0.15) is 5.82 Å². The number of benzene rings is 1. The van der Waals surface area contributed by atoms with Crippen molar-refractivity contribution in [2.24, 2.45) is 0 Å². The lowest BCUT2D eigenvalue weighted by Crippen LogP contribution is -2.47. The van der Waals surface area contributed by atoms with Crippen molar-refractivity contribution >= 4 is 26.0 Å². The van der Waals surface area contributed by atoms with Crippen LogP contribution in [0.3, 0.4) is 0 Å². The number of halogens is 2. The van der Waals surface area contributed by atoms with Gasteiger partial charge in [0.05, 0.1) is 10.5 Å². The topological polar surface area (TPSA) is 66.8 Å². The van der Waals surface area contributed by atoms with E-state index in [1.807, 2.05) is 0 Å². The molecule has 0 atom stereocenters. The van der Waals surface area contributed by atoms with Gasteiger partial charge in [-0.1, -0.05) is 0 Å². The molecule has 0 radical (unpaired) electrons. The first kappa shape index (κ1) is 16.8. The van der Waals surface area contributed by atoms with E-state index in [-0.39, 0.29) is 15.9 Å². The van der Waals surface area contributed by atoms with Crippen LogP contribution in [-0.2, 0) is 14.8 Å². The van der Waals surface area contributed by atoms with Gasteiger partial charge in [-0.15, -0.1) is 0 Å². The Labute approximate surface area is 131 Å². The Balaban J connectivity index is 2.22. The van der Waals surface area contributed by atoms with E-state index in [0.717, 1.165) is 16.4 Å². The molecule has 118 valence electrons. The molecule has 0 aromatic heterocycles. The summed E-state index contributed by atoms with van der Waals surface area (Å²) in [6, 6.07) is 3.40. The summed E-state index contributed by atoms with van der Waals surface area (Å²) in [7, 11) is -2.40. The molecule has 2 rings (SSSR count). The Morgan fingerprint density at radius 1 is 1.43 bits per heavy atom. The fraction of sp³-hybridized carbons (Fsp3) is 0.538. The molecular weight excluding hydrogens is 365 g/mol. The number of likely N-dealkylation sites (N-methyl/N-ethyl adjacent to an activating group) is 1. The second-order valence-electron chi connectivity index (χ2n) is 5.17. The lowest BCUT2D eigenvalue weighted by molar-refractivity contribution is -0.0689. The highest BCUT2D eigenvalue weighted by atomic mass is 79.9.